The van der Waals surface area contributed by atoms with E-state index in [1.165, 1.54) is 12.1 Å². The number of carbonyl (C=O) groups excluding carboxylic acids is 2. The van der Waals surface area contributed by atoms with Gasteiger partial charge in [0, 0.05) is 11.1 Å². The Morgan fingerprint density at radius 3 is 2.33 bits per heavy atom. The molecule has 0 aromatic heterocycles. The van der Waals surface area contributed by atoms with E-state index >= 15 is 0 Å². The maximum atomic E-state index is 13.8. The van der Waals surface area contributed by atoms with Gasteiger partial charge in [0.05, 0.1) is 17.6 Å². The van der Waals surface area contributed by atoms with E-state index in [4.69, 9.17) is 5.26 Å². The van der Waals surface area contributed by atoms with Crippen LogP contribution in [0.5, 0.6) is 0 Å². The predicted molar refractivity (Wildman–Crippen MR) is 100 cm³/mol. The van der Waals surface area contributed by atoms with E-state index < -0.39 is 68.8 Å². The molecular formula is C19H16F3N3O4S. The van der Waals surface area contributed by atoms with Crippen molar-refractivity contribution in [3.8, 4) is 6.07 Å². The van der Waals surface area contributed by atoms with E-state index in [0.29, 0.717) is 6.07 Å². The van der Waals surface area contributed by atoms with Gasteiger partial charge in [-0.05, 0) is 18.2 Å². The first-order valence-corrected chi connectivity index (χ1v) is 10.3. The molecule has 30 heavy (non-hydrogen) atoms. The number of nitrogens with one attached hydrogen (secondary N) is 2. The monoisotopic (exact) mass is 439 g/mol. The van der Waals surface area contributed by atoms with Gasteiger partial charge in [-0.25, -0.2) is 21.6 Å². The highest BCUT2D eigenvalue weighted by atomic mass is 32.2. The normalized spacial score (nSPS) is 11.9. The molecule has 0 aliphatic carbocycles. The molecule has 0 aliphatic heterocycles. The number of carbonyl (C=O) groups is 2. The van der Waals surface area contributed by atoms with Crippen molar-refractivity contribution < 1.29 is 31.2 Å². The summed E-state index contributed by atoms with van der Waals surface area (Å²) in [4.78, 5) is 24.6. The third-order valence-corrected chi connectivity index (χ3v) is 5.50. The fourth-order valence-corrected chi connectivity index (χ4v) is 4.05. The Kier molecular flexibility index (Phi) is 7.54. The van der Waals surface area contributed by atoms with Crippen molar-refractivity contribution >= 4 is 21.7 Å². The third kappa shape index (κ3) is 6.05. The van der Waals surface area contributed by atoms with Crippen LogP contribution in [0.15, 0.2) is 42.5 Å². The third-order valence-electron chi connectivity index (χ3n) is 3.91. The summed E-state index contributed by atoms with van der Waals surface area (Å²) in [6.07, 6.45) is 0. The van der Waals surface area contributed by atoms with Gasteiger partial charge >= 0.3 is 0 Å². The number of amides is 2. The van der Waals surface area contributed by atoms with Crippen LogP contribution in [-0.2, 0) is 20.4 Å². The maximum absolute atomic E-state index is 13.8. The fourth-order valence-electron chi connectivity index (χ4n) is 2.49. The van der Waals surface area contributed by atoms with Crippen molar-refractivity contribution in [1.29, 1.82) is 5.26 Å². The maximum Gasteiger partial charge on any atom is 0.251 e. The molecule has 2 rings (SSSR count). The summed E-state index contributed by atoms with van der Waals surface area (Å²) >= 11 is 0. The topological polar surface area (TPSA) is 116 Å². The first-order valence-electron chi connectivity index (χ1n) is 8.48. The molecule has 0 heterocycles. The molecule has 0 spiro atoms. The molecule has 7 nitrogen and oxygen atoms in total. The average molecular weight is 439 g/mol. The van der Waals surface area contributed by atoms with E-state index in [-0.39, 0.29) is 5.56 Å². The minimum atomic E-state index is -4.27. The quantitative estimate of drug-likeness (QED) is 0.477. The fraction of sp³-hybridized carbons (Fsp3) is 0.211. The number of rotatable bonds is 8. The van der Waals surface area contributed by atoms with E-state index in [1.807, 2.05) is 0 Å². The minimum Gasteiger partial charge on any atom is -0.341 e. The molecule has 0 bridgehead atoms. The van der Waals surface area contributed by atoms with Gasteiger partial charge in [-0.15, -0.1) is 0 Å². The van der Waals surface area contributed by atoms with Crippen molar-refractivity contribution in [2.24, 2.45) is 0 Å². The van der Waals surface area contributed by atoms with Crippen molar-refractivity contribution in [3.05, 3.63) is 71.0 Å². The molecule has 2 N–H and O–H groups in total. The minimum absolute atomic E-state index is 0.152. The van der Waals surface area contributed by atoms with E-state index in [9.17, 15) is 31.2 Å². The van der Waals surface area contributed by atoms with Crippen molar-refractivity contribution in [2.45, 2.75) is 11.8 Å². The molecule has 2 aromatic rings. The number of sulfone groups is 1. The molecule has 1 atom stereocenters. The Morgan fingerprint density at radius 2 is 1.70 bits per heavy atom. The van der Waals surface area contributed by atoms with Gasteiger partial charge in [0.1, 0.15) is 12.6 Å². The van der Waals surface area contributed by atoms with Crippen molar-refractivity contribution in [2.75, 3.05) is 12.3 Å². The Bertz CT molecular complexity index is 1090. The smallest absolute Gasteiger partial charge is 0.251 e. The molecule has 0 aliphatic rings. The zero-order valence-corrected chi connectivity index (χ0v) is 16.2. The van der Waals surface area contributed by atoms with Gasteiger partial charge in [-0.1, -0.05) is 24.3 Å². The van der Waals surface area contributed by atoms with Crippen LogP contribution in [0.3, 0.4) is 0 Å². The number of nitriles is 1. The van der Waals surface area contributed by atoms with Gasteiger partial charge in [-0.3, -0.25) is 9.59 Å². The summed E-state index contributed by atoms with van der Waals surface area (Å²) in [5.41, 5.74) is -0.473. The molecule has 0 radical (unpaired) electrons. The van der Waals surface area contributed by atoms with Gasteiger partial charge in [0.25, 0.3) is 5.91 Å². The van der Waals surface area contributed by atoms with Crippen LogP contribution >= 0.6 is 0 Å². The Labute approximate surface area is 170 Å². The van der Waals surface area contributed by atoms with Gasteiger partial charge in [-0.2, -0.15) is 5.26 Å². The largest absolute Gasteiger partial charge is 0.341 e. The number of hydrogen-bond donors (Lipinski definition) is 2. The van der Waals surface area contributed by atoms with Crippen LogP contribution in [0.25, 0.3) is 0 Å². The second-order valence-corrected chi connectivity index (χ2v) is 8.27. The number of halogens is 3. The van der Waals surface area contributed by atoms with Gasteiger partial charge in [0.15, 0.2) is 27.3 Å². The second kappa shape index (κ2) is 9.89. The van der Waals surface area contributed by atoms with E-state index in [2.05, 4.69) is 10.6 Å². The van der Waals surface area contributed by atoms with Gasteiger partial charge < -0.3 is 10.6 Å². The lowest BCUT2D eigenvalue weighted by molar-refractivity contribution is -0.122. The van der Waals surface area contributed by atoms with E-state index in [0.717, 1.165) is 6.07 Å². The molecule has 2 aromatic carbocycles. The molecule has 0 saturated heterocycles. The Morgan fingerprint density at radius 1 is 1.03 bits per heavy atom. The lowest BCUT2D eigenvalue weighted by Crippen LogP contribution is -2.50. The summed E-state index contributed by atoms with van der Waals surface area (Å²) in [7, 11) is -4.27. The highest BCUT2D eigenvalue weighted by Gasteiger charge is 2.29. The van der Waals surface area contributed by atoms with Crippen LogP contribution in [-0.4, -0.2) is 38.6 Å². The van der Waals surface area contributed by atoms with Crippen LogP contribution in [0, 0.1) is 28.8 Å². The van der Waals surface area contributed by atoms with Crippen molar-refractivity contribution in [1.82, 2.24) is 10.6 Å². The Hall–Kier alpha value is -3.39. The lowest BCUT2D eigenvalue weighted by Gasteiger charge is -2.18. The molecule has 2 amide bonds. The lowest BCUT2D eigenvalue weighted by atomic mass is 10.2. The summed E-state index contributed by atoms with van der Waals surface area (Å²) < 4.78 is 65.2. The predicted octanol–water partition coefficient (Wildman–Crippen LogP) is 1.46. The molecular weight excluding hydrogens is 423 g/mol. The Balaban J connectivity index is 2.23. The van der Waals surface area contributed by atoms with E-state index in [1.54, 1.807) is 24.3 Å². The summed E-state index contributed by atoms with van der Waals surface area (Å²) in [5, 5.41) is 13.0. The average Bonchev–Trinajstić information content (AvgIpc) is 2.72. The molecule has 11 heteroatoms. The van der Waals surface area contributed by atoms with Crippen LogP contribution in [0.2, 0.25) is 0 Å². The summed E-state index contributed by atoms with van der Waals surface area (Å²) in [6, 6.07) is 9.02. The number of nitrogens with zero attached hydrogens (tertiary/aromatic N) is 1. The zero-order chi connectivity index (χ0) is 22.3. The summed E-state index contributed by atoms with van der Waals surface area (Å²) in [5.74, 6) is -8.63. The highest BCUT2D eigenvalue weighted by molar-refractivity contribution is 7.90. The standard InChI is InChI=1S/C19H16F3N3O4S/c20-14-7-6-13(16(21)17(14)22)10-30(28,29)11-15(19(27)24-9-8-23)25-18(26)12-4-2-1-3-5-12/h1-7,15H,9-11H2,(H,24,27)(H,25,26)/t15-/m0/s1. The molecule has 158 valence electrons. The van der Waals surface area contributed by atoms with Gasteiger partial charge in [0.2, 0.25) is 5.91 Å². The first-order chi connectivity index (χ1) is 14.1. The van der Waals surface area contributed by atoms with Crippen LogP contribution in [0.1, 0.15) is 15.9 Å². The summed E-state index contributed by atoms with van der Waals surface area (Å²) in [6.45, 7) is -0.436. The number of hydrogen-bond acceptors (Lipinski definition) is 5. The van der Waals surface area contributed by atoms with Crippen LogP contribution in [0.4, 0.5) is 13.2 Å². The van der Waals surface area contributed by atoms with Crippen LogP contribution < -0.4 is 10.6 Å². The highest BCUT2D eigenvalue weighted by Crippen LogP contribution is 2.18. The molecule has 0 unspecified atom stereocenters. The SMILES string of the molecule is N#CCNC(=O)[C@H](CS(=O)(=O)Cc1ccc(F)c(F)c1F)NC(=O)c1ccccc1. The number of benzene rings is 2. The zero-order valence-electron chi connectivity index (χ0n) is 15.4. The molecule has 0 fully saturated rings. The molecule has 0 saturated carbocycles. The first kappa shape index (κ1) is 22.9. The second-order valence-electron chi connectivity index (χ2n) is 6.16. The van der Waals surface area contributed by atoms with Crippen molar-refractivity contribution in [3.63, 3.8) is 0 Å².